The quantitative estimate of drug-likeness (QED) is 0.256. The first-order chi connectivity index (χ1) is 18.5. The third kappa shape index (κ3) is 4.63. The molecule has 0 heterocycles. The van der Waals surface area contributed by atoms with Gasteiger partial charge >= 0.3 is 0 Å². The number of aliphatic hydroxyl groups excluding tert-OH is 6. The highest BCUT2D eigenvalue weighted by Gasteiger charge is 2.67. The summed E-state index contributed by atoms with van der Waals surface area (Å²) in [6.45, 7) is 3.45. The van der Waals surface area contributed by atoms with E-state index in [9.17, 15) is 40.5 Å². The molecular weight excluding hydrogens is 504 g/mol. The Morgan fingerprint density at radius 1 is 0.872 bits per heavy atom. The van der Waals surface area contributed by atoms with Crippen molar-refractivity contribution in [1.82, 2.24) is 0 Å². The monoisotopic (exact) mass is 554 g/mol. The minimum Gasteiger partial charge on any atom is -0.396 e. The highest BCUT2D eigenvalue weighted by molar-refractivity contribution is 5.80. The summed E-state index contributed by atoms with van der Waals surface area (Å²) in [5.41, 5.74) is -2.02. The SMILES string of the molecule is CCC1CC(C2CC(CO)CCC2OC)C2C[C@H]3C[C@H]4CC(O)C(C(C)=O)C(O)[C@@]4(O)C(O)C3C(O)C2C1O. The second-order valence-corrected chi connectivity index (χ2v) is 13.8. The number of ether oxygens (including phenoxy) is 1. The first kappa shape index (κ1) is 29.8. The highest BCUT2D eigenvalue weighted by Crippen LogP contribution is 2.60. The van der Waals surface area contributed by atoms with Gasteiger partial charge in [-0.3, -0.25) is 4.79 Å². The van der Waals surface area contributed by atoms with Gasteiger partial charge in [-0.05, 0) is 93.3 Å². The minimum absolute atomic E-state index is 0.0130. The molecule has 5 saturated carbocycles. The molecule has 0 saturated heterocycles. The van der Waals surface area contributed by atoms with E-state index in [0.717, 1.165) is 32.1 Å². The lowest BCUT2D eigenvalue weighted by Crippen LogP contribution is -2.73. The van der Waals surface area contributed by atoms with Gasteiger partial charge in [0.05, 0.1) is 42.5 Å². The summed E-state index contributed by atoms with van der Waals surface area (Å²) in [6.07, 6.45) is -0.671. The van der Waals surface area contributed by atoms with Gasteiger partial charge in [-0.25, -0.2) is 0 Å². The lowest BCUT2D eigenvalue weighted by molar-refractivity contribution is -0.289. The minimum atomic E-state index is -2.02. The predicted molar refractivity (Wildman–Crippen MR) is 141 cm³/mol. The number of rotatable bonds is 5. The van der Waals surface area contributed by atoms with Crippen LogP contribution >= 0.6 is 0 Å². The average Bonchev–Trinajstić information content (AvgIpc) is 2.90. The molecule has 39 heavy (non-hydrogen) atoms. The van der Waals surface area contributed by atoms with Crippen molar-refractivity contribution in [2.24, 2.45) is 59.2 Å². The van der Waals surface area contributed by atoms with E-state index >= 15 is 0 Å². The Morgan fingerprint density at radius 2 is 1.59 bits per heavy atom. The van der Waals surface area contributed by atoms with E-state index in [1.807, 2.05) is 6.92 Å². The van der Waals surface area contributed by atoms with Crippen molar-refractivity contribution in [2.45, 2.75) is 107 Å². The molecule has 0 aromatic carbocycles. The van der Waals surface area contributed by atoms with Crippen molar-refractivity contribution < 1.29 is 45.3 Å². The summed E-state index contributed by atoms with van der Waals surface area (Å²) in [5.74, 6) is -3.13. The molecular formula is C30H50O9. The second-order valence-electron chi connectivity index (χ2n) is 13.8. The van der Waals surface area contributed by atoms with Crippen molar-refractivity contribution >= 4 is 5.78 Å². The average molecular weight is 555 g/mol. The topological polar surface area (TPSA) is 168 Å². The fraction of sp³-hybridized carbons (Fsp3) is 0.967. The van der Waals surface area contributed by atoms with Crippen LogP contribution in [0.2, 0.25) is 0 Å². The van der Waals surface area contributed by atoms with Gasteiger partial charge in [0.25, 0.3) is 0 Å². The van der Waals surface area contributed by atoms with E-state index in [-0.39, 0.29) is 54.6 Å². The molecule has 9 nitrogen and oxygen atoms in total. The third-order valence-electron chi connectivity index (χ3n) is 12.3. The van der Waals surface area contributed by atoms with E-state index in [4.69, 9.17) is 4.74 Å². The molecule has 224 valence electrons. The van der Waals surface area contributed by atoms with Crippen molar-refractivity contribution in [3.8, 4) is 0 Å². The lowest BCUT2D eigenvalue weighted by Gasteiger charge is -2.63. The number of aliphatic hydroxyl groups is 7. The summed E-state index contributed by atoms with van der Waals surface area (Å²) in [4.78, 5) is 12.3. The number of methoxy groups -OCH3 is 1. The summed E-state index contributed by atoms with van der Waals surface area (Å²) in [7, 11) is 1.74. The van der Waals surface area contributed by atoms with Gasteiger partial charge in [-0.1, -0.05) is 13.3 Å². The van der Waals surface area contributed by atoms with Crippen molar-refractivity contribution in [3.05, 3.63) is 0 Å². The normalized spacial score (nSPS) is 55.7. The Bertz CT molecular complexity index is 884. The Hall–Kier alpha value is -0.650. The van der Waals surface area contributed by atoms with Crippen molar-refractivity contribution in [2.75, 3.05) is 13.7 Å². The fourth-order valence-electron chi connectivity index (χ4n) is 10.4. The molecule has 14 unspecified atom stereocenters. The molecule has 0 bridgehead atoms. The van der Waals surface area contributed by atoms with Gasteiger partial charge in [-0.2, -0.15) is 0 Å². The van der Waals surface area contributed by atoms with Gasteiger partial charge in [0.1, 0.15) is 11.4 Å². The predicted octanol–water partition coefficient (Wildman–Crippen LogP) is 0.489. The summed E-state index contributed by atoms with van der Waals surface area (Å²) < 4.78 is 5.95. The maximum Gasteiger partial charge on any atom is 0.138 e. The molecule has 0 aliphatic heterocycles. The number of hydrogen-bond acceptors (Lipinski definition) is 9. The van der Waals surface area contributed by atoms with Crippen molar-refractivity contribution in [3.63, 3.8) is 0 Å². The standard InChI is InChI=1S/C30H50O9/c1-4-15-9-18(19-7-14(12-31)5-6-22(19)39-3)20-10-16-8-17-11-21(33)23(13(2)32)28(36)30(17,38)29(37)24(16)27(35)25(20)26(15)34/h14-29,31,33-38H,4-12H2,1-3H3/t14?,15?,16-,17+,18?,19?,20?,21?,22?,23?,24?,25?,26?,27?,28?,29?,30-/m1/s1. The summed E-state index contributed by atoms with van der Waals surface area (Å²) in [6, 6.07) is 0. The highest BCUT2D eigenvalue weighted by atomic mass is 16.5. The molecule has 0 aromatic rings. The number of ketones is 1. The van der Waals surface area contributed by atoms with Crippen LogP contribution in [-0.4, -0.2) is 97.5 Å². The Balaban J connectivity index is 1.49. The van der Waals surface area contributed by atoms with Gasteiger partial charge in [-0.15, -0.1) is 0 Å². The van der Waals surface area contributed by atoms with E-state index in [1.165, 1.54) is 6.92 Å². The molecule has 0 amide bonds. The van der Waals surface area contributed by atoms with Gasteiger partial charge in [0.2, 0.25) is 0 Å². The van der Waals surface area contributed by atoms with Gasteiger partial charge in [0.15, 0.2) is 0 Å². The summed E-state index contributed by atoms with van der Waals surface area (Å²) >= 11 is 0. The van der Waals surface area contributed by atoms with E-state index < -0.39 is 65.6 Å². The van der Waals surface area contributed by atoms with Crippen LogP contribution in [0.25, 0.3) is 0 Å². The summed E-state index contributed by atoms with van der Waals surface area (Å²) in [5, 5.41) is 78.7. The van der Waals surface area contributed by atoms with Crippen LogP contribution in [0.4, 0.5) is 0 Å². The molecule has 0 aromatic heterocycles. The maximum atomic E-state index is 12.3. The maximum absolute atomic E-state index is 12.3. The molecule has 0 radical (unpaired) electrons. The van der Waals surface area contributed by atoms with Crippen molar-refractivity contribution in [1.29, 1.82) is 0 Å². The van der Waals surface area contributed by atoms with Crippen LogP contribution in [0.5, 0.6) is 0 Å². The Kier molecular flexibility index (Phi) is 8.57. The molecule has 7 N–H and O–H groups in total. The fourth-order valence-corrected chi connectivity index (χ4v) is 10.4. The molecule has 5 rings (SSSR count). The van der Waals surface area contributed by atoms with Gasteiger partial charge < -0.3 is 40.5 Å². The van der Waals surface area contributed by atoms with Gasteiger partial charge in [0, 0.05) is 25.6 Å². The van der Waals surface area contributed by atoms with Crippen LogP contribution in [0, 0.1) is 59.2 Å². The van der Waals surface area contributed by atoms with E-state index in [2.05, 4.69) is 0 Å². The molecule has 17 atom stereocenters. The number of hydrogen-bond donors (Lipinski definition) is 7. The first-order valence-corrected chi connectivity index (χ1v) is 15.3. The molecule has 5 fully saturated rings. The van der Waals surface area contributed by atoms with Crippen LogP contribution in [0.3, 0.4) is 0 Å². The van der Waals surface area contributed by atoms with Crippen LogP contribution < -0.4 is 0 Å². The third-order valence-corrected chi connectivity index (χ3v) is 12.3. The lowest BCUT2D eigenvalue weighted by atomic mass is 9.46. The van der Waals surface area contributed by atoms with E-state index in [1.54, 1.807) is 7.11 Å². The number of carbonyl (C=O) groups is 1. The number of fused-ring (bicyclic) bond motifs is 3. The van der Waals surface area contributed by atoms with Crippen LogP contribution in [0.1, 0.15) is 65.2 Å². The van der Waals surface area contributed by atoms with Crippen LogP contribution in [0.15, 0.2) is 0 Å². The Labute approximate surface area is 231 Å². The smallest absolute Gasteiger partial charge is 0.138 e. The second kappa shape index (κ2) is 11.2. The molecule has 0 spiro atoms. The number of carbonyl (C=O) groups excluding carboxylic acids is 1. The molecule has 5 aliphatic carbocycles. The first-order valence-electron chi connectivity index (χ1n) is 15.3. The largest absolute Gasteiger partial charge is 0.396 e. The Morgan fingerprint density at radius 3 is 2.21 bits per heavy atom. The molecule has 9 heteroatoms. The zero-order chi connectivity index (χ0) is 28.4. The zero-order valence-electron chi connectivity index (χ0n) is 23.5. The molecule has 5 aliphatic rings. The van der Waals surface area contributed by atoms with Crippen LogP contribution in [-0.2, 0) is 9.53 Å². The zero-order valence-corrected chi connectivity index (χ0v) is 23.5. The number of Topliss-reactive ketones (excluding diaryl/α,β-unsaturated/α-hetero) is 1. The van der Waals surface area contributed by atoms with E-state index in [0.29, 0.717) is 12.8 Å².